The van der Waals surface area contributed by atoms with Gasteiger partial charge in [0.25, 0.3) is 0 Å². The summed E-state index contributed by atoms with van der Waals surface area (Å²) in [5.41, 5.74) is 7.32. The molecule has 1 aliphatic rings. The van der Waals surface area contributed by atoms with Gasteiger partial charge >= 0.3 is 0 Å². The molecule has 1 aromatic rings. The number of anilines is 1. The predicted molar refractivity (Wildman–Crippen MR) is 72.1 cm³/mol. The number of likely N-dealkylation sites (N-methyl/N-ethyl adjacent to an activating group) is 1. The van der Waals surface area contributed by atoms with Gasteiger partial charge in [-0.3, -0.25) is 9.59 Å². The van der Waals surface area contributed by atoms with Crippen molar-refractivity contribution in [1.82, 2.24) is 4.90 Å². The van der Waals surface area contributed by atoms with Gasteiger partial charge in [-0.15, -0.1) is 0 Å². The molecule has 1 atom stereocenters. The van der Waals surface area contributed by atoms with Gasteiger partial charge in [0.05, 0.1) is 5.69 Å². The Bertz CT molecular complexity index is 516. The number of carbonyl (C=O) groups is 2. The highest BCUT2D eigenvalue weighted by atomic mass is 79.9. The molecular weight excluding hydrogens is 298 g/mol. The van der Waals surface area contributed by atoms with Crippen LogP contribution in [0.1, 0.15) is 11.6 Å². The topological polar surface area (TPSA) is 66.6 Å². The standard InChI is InChI=1S/C12H14BrN3O2/c1-15(2)10(17)6-16-9-5-7(13)3-4-8(9)11(14)12(16)18/h3-5,11H,6,14H2,1-2H3. The van der Waals surface area contributed by atoms with Gasteiger partial charge in [0, 0.05) is 24.1 Å². The van der Waals surface area contributed by atoms with Gasteiger partial charge in [-0.05, 0) is 12.1 Å². The van der Waals surface area contributed by atoms with Crippen molar-refractivity contribution in [2.75, 3.05) is 25.5 Å². The van der Waals surface area contributed by atoms with Gasteiger partial charge in [0.1, 0.15) is 12.6 Å². The van der Waals surface area contributed by atoms with Crippen LogP contribution in [0.25, 0.3) is 0 Å². The lowest BCUT2D eigenvalue weighted by Crippen LogP contribution is -2.40. The Morgan fingerprint density at radius 1 is 1.50 bits per heavy atom. The van der Waals surface area contributed by atoms with Crippen LogP contribution < -0.4 is 10.6 Å². The first-order valence-corrected chi connectivity index (χ1v) is 6.27. The summed E-state index contributed by atoms with van der Waals surface area (Å²) in [5.74, 6) is -0.373. The number of fused-ring (bicyclic) bond motifs is 1. The molecule has 1 unspecified atom stereocenters. The second-order valence-electron chi connectivity index (χ2n) is 4.39. The van der Waals surface area contributed by atoms with Crippen molar-refractivity contribution in [3.05, 3.63) is 28.2 Å². The average molecular weight is 312 g/mol. The van der Waals surface area contributed by atoms with Gasteiger partial charge in [0.2, 0.25) is 11.8 Å². The molecule has 18 heavy (non-hydrogen) atoms. The smallest absolute Gasteiger partial charge is 0.249 e. The molecule has 96 valence electrons. The molecule has 0 saturated heterocycles. The zero-order valence-corrected chi connectivity index (χ0v) is 11.8. The van der Waals surface area contributed by atoms with Crippen LogP contribution in [-0.4, -0.2) is 37.4 Å². The van der Waals surface area contributed by atoms with E-state index >= 15 is 0 Å². The molecule has 1 heterocycles. The molecule has 2 amide bonds. The molecule has 2 rings (SSSR count). The second-order valence-corrected chi connectivity index (χ2v) is 5.31. The molecule has 0 saturated carbocycles. The number of rotatable bonds is 2. The maximum Gasteiger partial charge on any atom is 0.249 e. The summed E-state index contributed by atoms with van der Waals surface area (Å²) in [4.78, 5) is 26.7. The summed E-state index contributed by atoms with van der Waals surface area (Å²) in [6.07, 6.45) is 0. The SMILES string of the molecule is CN(C)C(=O)CN1C(=O)C(N)c2ccc(Br)cc21. The Balaban J connectivity index is 2.36. The number of hydrogen-bond acceptors (Lipinski definition) is 3. The third kappa shape index (κ3) is 2.13. The van der Waals surface area contributed by atoms with E-state index in [1.165, 1.54) is 9.80 Å². The van der Waals surface area contributed by atoms with E-state index in [-0.39, 0.29) is 18.4 Å². The van der Waals surface area contributed by atoms with Crippen molar-refractivity contribution in [3.63, 3.8) is 0 Å². The Morgan fingerprint density at radius 2 is 2.17 bits per heavy atom. The number of benzene rings is 1. The van der Waals surface area contributed by atoms with Gasteiger partial charge < -0.3 is 15.5 Å². The van der Waals surface area contributed by atoms with Crippen molar-refractivity contribution in [3.8, 4) is 0 Å². The highest BCUT2D eigenvalue weighted by Crippen LogP contribution is 2.36. The fourth-order valence-corrected chi connectivity index (χ4v) is 2.22. The van der Waals surface area contributed by atoms with E-state index < -0.39 is 6.04 Å². The summed E-state index contributed by atoms with van der Waals surface area (Å²) in [6.45, 7) is 0.0169. The van der Waals surface area contributed by atoms with Crippen LogP contribution in [0.5, 0.6) is 0 Å². The van der Waals surface area contributed by atoms with E-state index in [1.807, 2.05) is 18.2 Å². The summed E-state index contributed by atoms with van der Waals surface area (Å²) in [7, 11) is 3.31. The minimum Gasteiger partial charge on any atom is -0.347 e. The van der Waals surface area contributed by atoms with E-state index in [0.29, 0.717) is 5.69 Å². The molecule has 0 aliphatic carbocycles. The molecular formula is C12H14BrN3O2. The summed E-state index contributed by atoms with van der Waals surface area (Å²) in [6, 6.07) is 4.78. The first-order valence-electron chi connectivity index (χ1n) is 5.48. The van der Waals surface area contributed by atoms with Crippen LogP contribution in [0.15, 0.2) is 22.7 Å². The molecule has 0 aromatic heterocycles. The van der Waals surface area contributed by atoms with E-state index in [9.17, 15) is 9.59 Å². The largest absolute Gasteiger partial charge is 0.347 e. The highest BCUT2D eigenvalue weighted by Gasteiger charge is 2.35. The van der Waals surface area contributed by atoms with Crippen LogP contribution in [0.2, 0.25) is 0 Å². The van der Waals surface area contributed by atoms with Gasteiger partial charge in [-0.25, -0.2) is 0 Å². The lowest BCUT2D eigenvalue weighted by molar-refractivity contribution is -0.129. The van der Waals surface area contributed by atoms with Gasteiger partial charge in [-0.2, -0.15) is 0 Å². The van der Waals surface area contributed by atoms with E-state index in [0.717, 1.165) is 10.0 Å². The number of amides is 2. The molecule has 5 nitrogen and oxygen atoms in total. The number of nitrogens with two attached hydrogens (primary N) is 1. The highest BCUT2D eigenvalue weighted by molar-refractivity contribution is 9.10. The van der Waals surface area contributed by atoms with Gasteiger partial charge in [-0.1, -0.05) is 22.0 Å². The molecule has 1 aliphatic heterocycles. The van der Waals surface area contributed by atoms with Crippen LogP contribution in [0.4, 0.5) is 5.69 Å². The lowest BCUT2D eigenvalue weighted by Gasteiger charge is -2.19. The monoisotopic (exact) mass is 311 g/mol. The Hall–Kier alpha value is -1.40. The van der Waals surface area contributed by atoms with Crippen molar-refractivity contribution in [2.24, 2.45) is 5.73 Å². The fraction of sp³-hybridized carbons (Fsp3) is 0.333. The minimum absolute atomic E-state index is 0.0169. The van der Waals surface area contributed by atoms with Crippen molar-refractivity contribution in [2.45, 2.75) is 6.04 Å². The molecule has 0 fully saturated rings. The summed E-state index contributed by atoms with van der Waals surface area (Å²) < 4.78 is 0.852. The number of carbonyl (C=O) groups excluding carboxylic acids is 2. The van der Waals surface area contributed by atoms with E-state index in [4.69, 9.17) is 5.73 Å². The Labute approximate surface area is 114 Å². The second kappa shape index (κ2) is 4.70. The third-order valence-corrected chi connectivity index (χ3v) is 3.44. The van der Waals surface area contributed by atoms with Crippen LogP contribution in [-0.2, 0) is 9.59 Å². The predicted octanol–water partition coefficient (Wildman–Crippen LogP) is 0.884. The molecule has 0 spiro atoms. The first kappa shape index (κ1) is 13.0. The molecule has 0 radical (unpaired) electrons. The van der Waals surface area contributed by atoms with Crippen molar-refractivity contribution in [1.29, 1.82) is 0 Å². The maximum absolute atomic E-state index is 12.0. The minimum atomic E-state index is -0.678. The van der Waals surface area contributed by atoms with Crippen LogP contribution in [0.3, 0.4) is 0 Å². The molecule has 6 heteroatoms. The zero-order valence-electron chi connectivity index (χ0n) is 10.2. The Morgan fingerprint density at radius 3 is 2.78 bits per heavy atom. The third-order valence-electron chi connectivity index (χ3n) is 2.94. The normalized spacial score (nSPS) is 17.9. The maximum atomic E-state index is 12.0. The molecule has 1 aromatic carbocycles. The van der Waals surface area contributed by atoms with Gasteiger partial charge in [0.15, 0.2) is 0 Å². The van der Waals surface area contributed by atoms with Crippen molar-refractivity contribution >= 4 is 33.4 Å². The fourth-order valence-electron chi connectivity index (χ4n) is 1.87. The summed E-state index contributed by atoms with van der Waals surface area (Å²) >= 11 is 3.35. The average Bonchev–Trinajstić information content (AvgIpc) is 2.54. The number of nitrogens with zero attached hydrogens (tertiary/aromatic N) is 2. The van der Waals surface area contributed by atoms with Crippen LogP contribution in [0, 0.1) is 0 Å². The molecule has 2 N–H and O–H groups in total. The zero-order chi connectivity index (χ0) is 13.4. The first-order chi connectivity index (χ1) is 8.41. The quantitative estimate of drug-likeness (QED) is 0.882. The molecule has 0 bridgehead atoms. The van der Waals surface area contributed by atoms with Crippen molar-refractivity contribution < 1.29 is 9.59 Å². The number of hydrogen-bond donors (Lipinski definition) is 1. The van der Waals surface area contributed by atoms with E-state index in [2.05, 4.69) is 15.9 Å². The van der Waals surface area contributed by atoms with E-state index in [1.54, 1.807) is 14.1 Å². The Kier molecular flexibility index (Phi) is 3.41. The lowest BCUT2D eigenvalue weighted by atomic mass is 10.1. The van der Waals surface area contributed by atoms with Crippen LogP contribution >= 0.6 is 15.9 Å². The summed E-state index contributed by atoms with van der Waals surface area (Å²) in [5, 5.41) is 0. The number of halogens is 1.